The van der Waals surface area contributed by atoms with E-state index in [9.17, 15) is 14.7 Å². The van der Waals surface area contributed by atoms with Crippen molar-refractivity contribution >= 4 is 28.9 Å². The van der Waals surface area contributed by atoms with E-state index in [1.807, 2.05) is 63.4 Å². The van der Waals surface area contributed by atoms with Gasteiger partial charge in [-0.1, -0.05) is 69.6 Å². The zero-order valence-electron chi connectivity index (χ0n) is 20.1. The van der Waals surface area contributed by atoms with Crippen LogP contribution in [0.15, 0.2) is 58.7 Å². The van der Waals surface area contributed by atoms with E-state index in [-0.39, 0.29) is 22.6 Å². The van der Waals surface area contributed by atoms with Gasteiger partial charge in [-0.2, -0.15) is 0 Å². The molecule has 4 aromatic rings. The molecular formula is C28H27ClN2O3S. The van der Waals surface area contributed by atoms with Crippen LogP contribution in [0, 0.1) is 0 Å². The Labute approximate surface area is 213 Å². The van der Waals surface area contributed by atoms with Crippen LogP contribution >= 0.6 is 22.9 Å². The van der Waals surface area contributed by atoms with E-state index < -0.39 is 5.97 Å². The lowest BCUT2D eigenvalue weighted by Crippen LogP contribution is -2.29. The molecule has 0 atom stereocenters. The molecule has 2 heterocycles. The standard InChI is InChI=1S/C28H27ClN2O3S/c1-5-17-8-7-9-18(6-2)25(17)31-24(16(3)4)21(28(33)34)14-22(27(31)32)26-30-23(15-35-26)19-10-12-20(29)13-11-19/h7-16H,5-6H2,1-4H3,(H,33,34). The highest BCUT2D eigenvalue weighted by molar-refractivity contribution is 7.13. The number of pyridine rings is 1. The maximum Gasteiger partial charge on any atom is 0.337 e. The minimum absolute atomic E-state index is 0.116. The van der Waals surface area contributed by atoms with Crippen molar-refractivity contribution in [3.8, 4) is 27.5 Å². The molecule has 2 aromatic heterocycles. The number of benzene rings is 2. The Hall–Kier alpha value is -3.22. The number of rotatable bonds is 7. The van der Waals surface area contributed by atoms with Gasteiger partial charge in [-0.3, -0.25) is 9.36 Å². The normalized spacial score (nSPS) is 11.3. The molecule has 7 heteroatoms. The molecule has 0 amide bonds. The predicted octanol–water partition coefficient (Wildman–Crippen LogP) is 7.23. The van der Waals surface area contributed by atoms with Crippen LogP contribution in [0.25, 0.3) is 27.5 Å². The van der Waals surface area contributed by atoms with Crippen LogP contribution in [-0.4, -0.2) is 20.6 Å². The zero-order valence-corrected chi connectivity index (χ0v) is 21.7. The van der Waals surface area contributed by atoms with E-state index in [4.69, 9.17) is 16.6 Å². The summed E-state index contributed by atoms with van der Waals surface area (Å²) in [6.07, 6.45) is 1.44. The quantitative estimate of drug-likeness (QED) is 0.287. The van der Waals surface area contributed by atoms with Crippen molar-refractivity contribution < 1.29 is 9.90 Å². The number of aromatic nitrogens is 2. The van der Waals surface area contributed by atoms with Gasteiger partial charge in [0.05, 0.1) is 22.5 Å². The molecule has 0 bridgehead atoms. The van der Waals surface area contributed by atoms with Gasteiger partial charge in [-0.05, 0) is 48.1 Å². The molecule has 0 aliphatic rings. The van der Waals surface area contributed by atoms with E-state index in [0.717, 1.165) is 35.2 Å². The van der Waals surface area contributed by atoms with Crippen molar-refractivity contribution in [1.82, 2.24) is 9.55 Å². The van der Waals surface area contributed by atoms with Crippen LogP contribution in [0.4, 0.5) is 0 Å². The van der Waals surface area contributed by atoms with Crippen LogP contribution in [0.2, 0.25) is 5.02 Å². The number of carbonyl (C=O) groups is 1. The summed E-state index contributed by atoms with van der Waals surface area (Å²) >= 11 is 7.34. The number of halogens is 1. The van der Waals surface area contributed by atoms with Crippen LogP contribution in [-0.2, 0) is 12.8 Å². The van der Waals surface area contributed by atoms with Crippen molar-refractivity contribution in [2.45, 2.75) is 46.5 Å². The number of aryl methyl sites for hydroxylation is 2. The molecule has 35 heavy (non-hydrogen) atoms. The maximum atomic E-state index is 14.1. The molecule has 0 saturated heterocycles. The molecule has 0 fully saturated rings. The highest BCUT2D eigenvalue weighted by Crippen LogP contribution is 2.32. The van der Waals surface area contributed by atoms with E-state index >= 15 is 0 Å². The van der Waals surface area contributed by atoms with Gasteiger partial charge in [0.15, 0.2) is 0 Å². The number of nitrogens with zero attached hydrogens (tertiary/aromatic N) is 2. The van der Waals surface area contributed by atoms with Crippen molar-refractivity contribution in [3.63, 3.8) is 0 Å². The van der Waals surface area contributed by atoms with Gasteiger partial charge >= 0.3 is 5.97 Å². The summed E-state index contributed by atoms with van der Waals surface area (Å²) in [5.41, 5.74) is 5.01. The predicted molar refractivity (Wildman–Crippen MR) is 143 cm³/mol. The number of hydrogen-bond donors (Lipinski definition) is 1. The van der Waals surface area contributed by atoms with Crippen LogP contribution in [0.3, 0.4) is 0 Å². The van der Waals surface area contributed by atoms with Gasteiger partial charge in [-0.15, -0.1) is 11.3 Å². The van der Waals surface area contributed by atoms with Crippen molar-refractivity contribution in [2.75, 3.05) is 0 Å². The Kier molecular flexibility index (Phi) is 7.24. The lowest BCUT2D eigenvalue weighted by Gasteiger charge is -2.23. The van der Waals surface area contributed by atoms with Gasteiger partial charge in [0.25, 0.3) is 5.56 Å². The zero-order chi connectivity index (χ0) is 25.3. The highest BCUT2D eigenvalue weighted by Gasteiger charge is 2.26. The molecule has 5 nitrogen and oxygen atoms in total. The Balaban J connectivity index is 2.04. The van der Waals surface area contributed by atoms with E-state index in [2.05, 4.69) is 0 Å². The highest BCUT2D eigenvalue weighted by atomic mass is 35.5. The Morgan fingerprint density at radius 2 is 1.71 bits per heavy atom. The molecule has 4 rings (SSSR count). The Bertz CT molecular complexity index is 1430. The van der Waals surface area contributed by atoms with E-state index in [0.29, 0.717) is 21.4 Å². The fourth-order valence-electron chi connectivity index (χ4n) is 4.40. The minimum atomic E-state index is -1.06. The largest absolute Gasteiger partial charge is 0.478 e. The summed E-state index contributed by atoms with van der Waals surface area (Å²) in [5.74, 6) is -1.25. The SMILES string of the molecule is CCc1cccc(CC)c1-n1c(C(C)C)c(C(=O)O)cc(-c2nc(-c3ccc(Cl)cc3)cs2)c1=O. The lowest BCUT2D eigenvalue weighted by molar-refractivity contribution is 0.0694. The fourth-order valence-corrected chi connectivity index (χ4v) is 5.36. The smallest absolute Gasteiger partial charge is 0.337 e. The monoisotopic (exact) mass is 506 g/mol. The van der Waals surface area contributed by atoms with E-state index in [1.165, 1.54) is 17.4 Å². The number of carboxylic acid groups (broad SMARTS) is 1. The lowest BCUT2D eigenvalue weighted by atomic mass is 9.97. The second-order valence-corrected chi connectivity index (χ2v) is 9.93. The van der Waals surface area contributed by atoms with Gasteiger partial charge in [-0.25, -0.2) is 9.78 Å². The molecule has 0 radical (unpaired) electrons. The first kappa shape index (κ1) is 24.9. The van der Waals surface area contributed by atoms with Gasteiger partial charge in [0, 0.05) is 21.7 Å². The van der Waals surface area contributed by atoms with Crippen LogP contribution in [0.5, 0.6) is 0 Å². The fraction of sp³-hybridized carbons (Fsp3) is 0.250. The first-order valence-corrected chi connectivity index (χ1v) is 12.9. The molecule has 0 unspecified atom stereocenters. The van der Waals surface area contributed by atoms with Crippen molar-refractivity contribution in [3.05, 3.63) is 91.7 Å². The second kappa shape index (κ2) is 10.2. The summed E-state index contributed by atoms with van der Waals surface area (Å²) in [6, 6.07) is 14.8. The first-order valence-electron chi connectivity index (χ1n) is 11.6. The minimum Gasteiger partial charge on any atom is -0.478 e. The molecule has 180 valence electrons. The average molecular weight is 507 g/mol. The molecule has 1 N–H and O–H groups in total. The van der Waals surface area contributed by atoms with Gasteiger partial charge in [0.2, 0.25) is 0 Å². The van der Waals surface area contributed by atoms with Crippen LogP contribution in [0.1, 0.15) is 60.8 Å². The molecular weight excluding hydrogens is 480 g/mol. The van der Waals surface area contributed by atoms with Crippen molar-refractivity contribution in [2.24, 2.45) is 0 Å². The molecule has 2 aromatic carbocycles. The number of carboxylic acids is 1. The third-order valence-corrected chi connectivity index (χ3v) is 7.21. The molecule has 0 saturated carbocycles. The number of para-hydroxylation sites is 1. The van der Waals surface area contributed by atoms with Gasteiger partial charge in [0.1, 0.15) is 5.01 Å². The van der Waals surface area contributed by atoms with E-state index in [1.54, 1.807) is 16.7 Å². The third-order valence-electron chi connectivity index (χ3n) is 6.08. The second-order valence-electron chi connectivity index (χ2n) is 8.63. The third kappa shape index (κ3) is 4.68. The Morgan fingerprint density at radius 1 is 1.09 bits per heavy atom. The first-order chi connectivity index (χ1) is 16.8. The Morgan fingerprint density at radius 3 is 2.26 bits per heavy atom. The maximum absolute atomic E-state index is 14.1. The van der Waals surface area contributed by atoms with Crippen LogP contribution < -0.4 is 5.56 Å². The molecule has 0 aliphatic carbocycles. The van der Waals surface area contributed by atoms with Crippen molar-refractivity contribution in [1.29, 1.82) is 0 Å². The van der Waals surface area contributed by atoms with Gasteiger partial charge < -0.3 is 5.11 Å². The summed E-state index contributed by atoms with van der Waals surface area (Å²) in [6.45, 7) is 7.91. The summed E-state index contributed by atoms with van der Waals surface area (Å²) in [5, 5.41) is 13.2. The number of aromatic carboxylic acids is 1. The summed E-state index contributed by atoms with van der Waals surface area (Å²) in [7, 11) is 0. The summed E-state index contributed by atoms with van der Waals surface area (Å²) < 4.78 is 1.63. The number of hydrogen-bond acceptors (Lipinski definition) is 4. The molecule has 0 spiro atoms. The summed E-state index contributed by atoms with van der Waals surface area (Å²) in [4.78, 5) is 31.2. The topological polar surface area (TPSA) is 72.2 Å². The number of thiazole rings is 1. The average Bonchev–Trinajstić information content (AvgIpc) is 3.33. The molecule has 0 aliphatic heterocycles.